The van der Waals surface area contributed by atoms with E-state index in [1.165, 1.54) is 0 Å². The van der Waals surface area contributed by atoms with Crippen molar-refractivity contribution in [3.05, 3.63) is 34.1 Å². The summed E-state index contributed by atoms with van der Waals surface area (Å²) in [4.78, 5) is 12.2. The quantitative estimate of drug-likeness (QED) is 0.286. The summed E-state index contributed by atoms with van der Waals surface area (Å²) in [5, 5.41) is 0.236. The Balaban J connectivity index is 2.77. The van der Waals surface area contributed by atoms with E-state index in [2.05, 4.69) is 37.8 Å². The first-order valence-corrected chi connectivity index (χ1v) is 9.24. The number of carbonyl (C=O) groups is 1. The molecule has 1 aromatic rings. The Morgan fingerprint density at radius 3 is 2.68 bits per heavy atom. The van der Waals surface area contributed by atoms with Gasteiger partial charge in [-0.05, 0) is 54.2 Å². The summed E-state index contributed by atoms with van der Waals surface area (Å²) >= 11 is 6.38. The summed E-state index contributed by atoms with van der Waals surface area (Å²) in [6.07, 6.45) is 8.80. The van der Waals surface area contributed by atoms with E-state index in [1.807, 2.05) is 13.8 Å². The van der Waals surface area contributed by atoms with E-state index in [0.29, 0.717) is 16.5 Å². The first-order chi connectivity index (χ1) is 10.3. The Morgan fingerprint density at radius 1 is 1.41 bits per heavy atom. The van der Waals surface area contributed by atoms with Gasteiger partial charge in [0.05, 0.1) is 9.80 Å². The molecule has 1 atom stereocenters. The van der Waals surface area contributed by atoms with E-state index < -0.39 is 5.92 Å². The zero-order valence-corrected chi connectivity index (χ0v) is 16.1. The van der Waals surface area contributed by atoms with Crippen LogP contribution in [0.4, 0.5) is 4.39 Å². The molecule has 4 heteroatoms. The Bertz CT molecular complexity index is 561. The number of hydrogen-bond donors (Lipinski definition) is 0. The molecule has 1 nitrogen and oxygen atoms in total. The molecular weight excluding hydrogens is 411 g/mol. The molecule has 0 aromatic heterocycles. The van der Waals surface area contributed by atoms with Gasteiger partial charge in [-0.25, -0.2) is 4.39 Å². The van der Waals surface area contributed by atoms with E-state index in [0.717, 1.165) is 19.3 Å². The van der Waals surface area contributed by atoms with E-state index in [4.69, 9.17) is 6.42 Å². The molecule has 0 radical (unpaired) electrons. The Labute approximate surface area is 149 Å². The topological polar surface area (TPSA) is 17.1 Å². The predicted molar refractivity (Wildman–Crippen MR) is 96.7 cm³/mol. The van der Waals surface area contributed by atoms with Crippen molar-refractivity contribution in [2.45, 2.75) is 45.4 Å². The van der Waals surface area contributed by atoms with Gasteiger partial charge in [-0.15, -0.1) is 12.3 Å². The molecule has 0 spiro atoms. The molecule has 0 aliphatic carbocycles. The normalized spacial score (nSPS) is 12.7. The van der Waals surface area contributed by atoms with Crippen LogP contribution in [0.25, 0.3) is 0 Å². The third-order valence-electron chi connectivity index (χ3n) is 3.81. The first-order valence-electron chi connectivity index (χ1n) is 7.32. The summed E-state index contributed by atoms with van der Waals surface area (Å²) < 4.78 is 14.7. The molecule has 0 bridgehead atoms. The molecule has 0 aliphatic heterocycles. The third kappa shape index (κ3) is 5.52. The van der Waals surface area contributed by atoms with E-state index in [1.54, 1.807) is 18.2 Å². The van der Waals surface area contributed by atoms with Crippen molar-refractivity contribution in [2.24, 2.45) is 5.41 Å². The lowest BCUT2D eigenvalue weighted by molar-refractivity contribution is -0.118. The number of ketones is 1. The minimum atomic E-state index is -0.411. The monoisotopic (exact) mass is 430 g/mol. The van der Waals surface area contributed by atoms with Gasteiger partial charge in [0.2, 0.25) is 0 Å². The number of halogens is 3. The van der Waals surface area contributed by atoms with Crippen molar-refractivity contribution in [1.82, 2.24) is 0 Å². The lowest BCUT2D eigenvalue weighted by Gasteiger charge is -2.19. The van der Waals surface area contributed by atoms with Crippen molar-refractivity contribution >= 4 is 37.6 Å². The number of rotatable bonds is 8. The number of unbranched alkanes of at least 4 members (excludes halogenated alkanes) is 1. The number of Topliss-reactive ketones (excluding diaryl/α,β-unsaturated/α-hetero) is 1. The fraction of sp³-hybridized carbons (Fsp3) is 0.500. The van der Waals surface area contributed by atoms with E-state index in [9.17, 15) is 9.18 Å². The second-order valence-corrected chi connectivity index (χ2v) is 7.48. The van der Waals surface area contributed by atoms with Crippen LogP contribution in [0.15, 0.2) is 22.7 Å². The van der Waals surface area contributed by atoms with E-state index in [-0.39, 0.29) is 22.3 Å². The van der Waals surface area contributed by atoms with Gasteiger partial charge in [0.25, 0.3) is 0 Å². The van der Waals surface area contributed by atoms with Crippen LogP contribution in [-0.2, 0) is 4.79 Å². The summed E-state index contributed by atoms with van der Waals surface area (Å²) in [6, 6.07) is 5.10. The zero-order chi connectivity index (χ0) is 16.8. The number of alkyl halides is 1. The fourth-order valence-corrected chi connectivity index (χ4v) is 3.13. The van der Waals surface area contributed by atoms with Crippen LogP contribution in [0, 0.1) is 23.6 Å². The van der Waals surface area contributed by atoms with Gasteiger partial charge in [0.1, 0.15) is 5.82 Å². The molecule has 0 N–H and O–H groups in total. The Morgan fingerprint density at radius 2 is 2.09 bits per heavy atom. The summed E-state index contributed by atoms with van der Waals surface area (Å²) in [7, 11) is 0. The number of hydrogen-bond acceptors (Lipinski definition) is 1. The van der Waals surface area contributed by atoms with Gasteiger partial charge in [-0.2, -0.15) is 0 Å². The second-order valence-electron chi connectivity index (χ2n) is 6.07. The van der Waals surface area contributed by atoms with Crippen LogP contribution in [0.2, 0.25) is 0 Å². The largest absolute Gasteiger partial charge is 0.298 e. The van der Waals surface area contributed by atoms with Crippen LogP contribution in [0.3, 0.4) is 0 Å². The third-order valence-corrected chi connectivity index (χ3v) is 4.98. The minimum Gasteiger partial charge on any atom is -0.298 e. The molecule has 1 unspecified atom stereocenters. The molecule has 120 valence electrons. The maximum Gasteiger partial charge on any atom is 0.150 e. The van der Waals surface area contributed by atoms with Crippen LogP contribution in [0.1, 0.15) is 51.0 Å². The molecule has 0 heterocycles. The number of carbonyl (C=O) groups excluding carboxylic acids is 1. The lowest BCUT2D eigenvalue weighted by atomic mass is 9.85. The maximum absolute atomic E-state index is 14.3. The summed E-state index contributed by atoms with van der Waals surface area (Å²) in [5.74, 6) is 2.03. The van der Waals surface area contributed by atoms with Crippen LogP contribution in [0.5, 0.6) is 0 Å². The summed E-state index contributed by atoms with van der Waals surface area (Å²) in [5.41, 5.74) is 0.339. The lowest BCUT2D eigenvalue weighted by Crippen LogP contribution is -2.16. The highest BCUT2D eigenvalue weighted by Crippen LogP contribution is 2.31. The first kappa shape index (κ1) is 19.4. The Hall–Kier alpha value is -0.660. The van der Waals surface area contributed by atoms with Crippen molar-refractivity contribution < 1.29 is 9.18 Å². The van der Waals surface area contributed by atoms with Gasteiger partial charge < -0.3 is 0 Å². The predicted octanol–water partition coefficient (Wildman–Crippen LogP) is 5.86. The number of benzene rings is 1. The summed E-state index contributed by atoms with van der Waals surface area (Å²) in [6.45, 7) is 4.06. The molecule has 0 aliphatic rings. The average molecular weight is 432 g/mol. The average Bonchev–Trinajstić information content (AvgIpc) is 2.50. The minimum absolute atomic E-state index is 0.00760. The highest BCUT2D eigenvalue weighted by molar-refractivity contribution is 9.10. The van der Waals surface area contributed by atoms with Gasteiger partial charge in [0, 0.05) is 11.3 Å². The molecule has 22 heavy (non-hydrogen) atoms. The van der Waals surface area contributed by atoms with Crippen LogP contribution in [-0.4, -0.2) is 11.1 Å². The second kappa shape index (κ2) is 8.84. The fourth-order valence-electron chi connectivity index (χ4n) is 2.36. The van der Waals surface area contributed by atoms with Crippen molar-refractivity contribution in [3.8, 4) is 12.3 Å². The molecular formula is C18H21Br2FO. The standard InChI is InChI=1S/C18H21Br2FO/c1-4-18(2,3)11-6-5-8-13(16(22)12-19)14-9-7-10-15(20)17(14)21/h1,7,9-10,13H,5-6,8,11-12H2,2-3H3. The highest BCUT2D eigenvalue weighted by Gasteiger charge is 2.23. The molecule has 1 aromatic carbocycles. The maximum atomic E-state index is 14.3. The Kier molecular flexibility index (Phi) is 7.79. The van der Waals surface area contributed by atoms with Crippen LogP contribution < -0.4 is 0 Å². The van der Waals surface area contributed by atoms with Crippen molar-refractivity contribution in [2.75, 3.05) is 5.33 Å². The molecule has 0 amide bonds. The molecule has 0 fully saturated rings. The van der Waals surface area contributed by atoms with Crippen molar-refractivity contribution in [1.29, 1.82) is 0 Å². The van der Waals surface area contributed by atoms with E-state index >= 15 is 0 Å². The van der Waals surface area contributed by atoms with Gasteiger partial charge >= 0.3 is 0 Å². The number of terminal acetylenes is 1. The van der Waals surface area contributed by atoms with Gasteiger partial charge in [0.15, 0.2) is 5.78 Å². The smallest absolute Gasteiger partial charge is 0.150 e. The molecule has 1 rings (SSSR count). The van der Waals surface area contributed by atoms with Crippen LogP contribution >= 0.6 is 31.9 Å². The molecule has 0 saturated heterocycles. The van der Waals surface area contributed by atoms with Gasteiger partial charge in [-0.1, -0.05) is 40.9 Å². The van der Waals surface area contributed by atoms with Gasteiger partial charge in [-0.3, -0.25) is 4.79 Å². The highest BCUT2D eigenvalue weighted by atomic mass is 79.9. The molecule has 0 saturated carbocycles. The SMILES string of the molecule is C#CC(C)(C)CCCCC(C(=O)CBr)c1cccc(Br)c1F. The zero-order valence-electron chi connectivity index (χ0n) is 13.0. The van der Waals surface area contributed by atoms with Crippen molar-refractivity contribution in [3.63, 3.8) is 0 Å².